The summed E-state index contributed by atoms with van der Waals surface area (Å²) in [5.41, 5.74) is 1.41. The molecule has 2 aliphatic rings. The van der Waals surface area contributed by atoms with Crippen LogP contribution in [-0.2, 0) is 6.54 Å². The molecule has 0 aliphatic carbocycles. The normalized spacial score (nSPS) is 21.2. The van der Waals surface area contributed by atoms with Crippen LogP contribution in [0.3, 0.4) is 0 Å². The van der Waals surface area contributed by atoms with Crippen molar-refractivity contribution in [3.8, 4) is 5.75 Å². The van der Waals surface area contributed by atoms with Crippen LogP contribution in [0.2, 0.25) is 0 Å². The molecule has 1 aromatic carbocycles. The fourth-order valence-corrected chi connectivity index (χ4v) is 3.87. The Morgan fingerprint density at radius 3 is 2.04 bits per heavy atom. The van der Waals surface area contributed by atoms with Gasteiger partial charge in [0, 0.05) is 39.3 Å². The molecule has 0 atom stereocenters. The molecule has 0 unspecified atom stereocenters. The summed E-state index contributed by atoms with van der Waals surface area (Å²) < 4.78 is 5.96. The monoisotopic (exact) mass is 345 g/mol. The zero-order valence-electron chi connectivity index (χ0n) is 16.0. The molecule has 0 radical (unpaired) electrons. The van der Waals surface area contributed by atoms with Gasteiger partial charge in [-0.2, -0.15) is 0 Å². The van der Waals surface area contributed by atoms with E-state index in [-0.39, 0.29) is 0 Å². The molecule has 2 heterocycles. The van der Waals surface area contributed by atoms with E-state index in [0.717, 1.165) is 25.4 Å². The molecule has 0 spiro atoms. The van der Waals surface area contributed by atoms with E-state index in [1.165, 1.54) is 77.1 Å². The van der Waals surface area contributed by atoms with Gasteiger partial charge >= 0.3 is 0 Å². The standard InChI is InChI=1S/C21H35N3O/c1-2-22-13-15-23(16-14-22)17-18-25-21-9-7-20(8-10-21)19-24-11-5-3-4-6-12-24/h7-10H,2-6,11-19H2,1H3. The number of likely N-dealkylation sites (N-methyl/N-ethyl adjacent to an activating group) is 1. The van der Waals surface area contributed by atoms with Gasteiger partial charge in [0.15, 0.2) is 0 Å². The molecule has 4 heteroatoms. The van der Waals surface area contributed by atoms with Crippen molar-refractivity contribution in [2.75, 3.05) is 59.0 Å². The minimum atomic E-state index is 0.789. The highest BCUT2D eigenvalue weighted by atomic mass is 16.5. The van der Waals surface area contributed by atoms with E-state index in [4.69, 9.17) is 4.74 Å². The van der Waals surface area contributed by atoms with E-state index < -0.39 is 0 Å². The maximum atomic E-state index is 5.96. The summed E-state index contributed by atoms with van der Waals surface area (Å²) in [4.78, 5) is 7.62. The molecular weight excluding hydrogens is 310 g/mol. The lowest BCUT2D eigenvalue weighted by Gasteiger charge is -2.33. The Labute approximate surface area is 153 Å². The highest BCUT2D eigenvalue weighted by Gasteiger charge is 2.15. The first-order valence-corrected chi connectivity index (χ1v) is 10.2. The third-order valence-corrected chi connectivity index (χ3v) is 5.62. The van der Waals surface area contributed by atoms with Crippen molar-refractivity contribution in [2.45, 2.75) is 39.2 Å². The number of likely N-dealkylation sites (tertiary alicyclic amines) is 1. The van der Waals surface area contributed by atoms with E-state index in [2.05, 4.69) is 45.9 Å². The third-order valence-electron chi connectivity index (χ3n) is 5.62. The van der Waals surface area contributed by atoms with Crippen LogP contribution in [0.1, 0.15) is 38.2 Å². The molecule has 3 rings (SSSR count). The molecule has 1 aromatic rings. The molecule has 0 saturated carbocycles. The fourth-order valence-electron chi connectivity index (χ4n) is 3.87. The first-order valence-electron chi connectivity index (χ1n) is 10.2. The maximum Gasteiger partial charge on any atom is 0.119 e. The Hall–Kier alpha value is -1.10. The van der Waals surface area contributed by atoms with Crippen LogP contribution in [0.25, 0.3) is 0 Å². The van der Waals surface area contributed by atoms with E-state index in [1.807, 2.05) is 0 Å². The molecule has 0 bridgehead atoms. The van der Waals surface area contributed by atoms with Gasteiger partial charge in [0.25, 0.3) is 0 Å². The average Bonchev–Trinajstić information content (AvgIpc) is 2.92. The van der Waals surface area contributed by atoms with E-state index in [1.54, 1.807) is 0 Å². The summed E-state index contributed by atoms with van der Waals surface area (Å²) in [7, 11) is 0. The predicted molar refractivity (Wildman–Crippen MR) is 104 cm³/mol. The second-order valence-electron chi connectivity index (χ2n) is 7.46. The highest BCUT2D eigenvalue weighted by Crippen LogP contribution is 2.16. The number of rotatable bonds is 7. The topological polar surface area (TPSA) is 19.0 Å². The summed E-state index contributed by atoms with van der Waals surface area (Å²) in [5.74, 6) is 1.01. The van der Waals surface area contributed by atoms with Crippen molar-refractivity contribution in [2.24, 2.45) is 0 Å². The van der Waals surface area contributed by atoms with E-state index >= 15 is 0 Å². The van der Waals surface area contributed by atoms with Crippen LogP contribution in [0.15, 0.2) is 24.3 Å². The molecule has 0 aromatic heterocycles. The van der Waals surface area contributed by atoms with Crippen LogP contribution in [0.5, 0.6) is 5.75 Å². The largest absolute Gasteiger partial charge is 0.492 e. The summed E-state index contributed by atoms with van der Waals surface area (Å²) in [6, 6.07) is 8.75. The molecule has 140 valence electrons. The average molecular weight is 346 g/mol. The molecule has 0 amide bonds. The number of nitrogens with zero attached hydrogens (tertiary/aromatic N) is 3. The zero-order valence-corrected chi connectivity index (χ0v) is 16.0. The van der Waals surface area contributed by atoms with Gasteiger partial charge in [-0.15, -0.1) is 0 Å². The van der Waals surface area contributed by atoms with Gasteiger partial charge in [-0.3, -0.25) is 9.80 Å². The van der Waals surface area contributed by atoms with Gasteiger partial charge in [-0.05, 0) is 50.2 Å². The van der Waals surface area contributed by atoms with Crippen molar-refractivity contribution >= 4 is 0 Å². The van der Waals surface area contributed by atoms with Crippen molar-refractivity contribution < 1.29 is 4.74 Å². The maximum absolute atomic E-state index is 5.96. The molecule has 4 nitrogen and oxygen atoms in total. The molecule has 25 heavy (non-hydrogen) atoms. The van der Waals surface area contributed by atoms with Gasteiger partial charge in [-0.1, -0.05) is 31.9 Å². The zero-order chi connectivity index (χ0) is 17.3. The summed E-state index contributed by atoms with van der Waals surface area (Å²) in [6.07, 6.45) is 5.51. The Balaban J connectivity index is 1.36. The van der Waals surface area contributed by atoms with Gasteiger partial charge in [0.1, 0.15) is 12.4 Å². The summed E-state index contributed by atoms with van der Waals surface area (Å²) >= 11 is 0. The molecular formula is C21H35N3O. The van der Waals surface area contributed by atoms with Crippen LogP contribution in [-0.4, -0.2) is 73.7 Å². The van der Waals surface area contributed by atoms with Crippen molar-refractivity contribution in [3.05, 3.63) is 29.8 Å². The lowest BCUT2D eigenvalue weighted by Crippen LogP contribution is -2.47. The predicted octanol–water partition coefficient (Wildman–Crippen LogP) is 3.08. The van der Waals surface area contributed by atoms with Gasteiger partial charge in [0.05, 0.1) is 0 Å². The number of hydrogen-bond acceptors (Lipinski definition) is 4. The lowest BCUT2D eigenvalue weighted by atomic mass is 10.2. The van der Waals surface area contributed by atoms with Crippen LogP contribution >= 0.6 is 0 Å². The number of ether oxygens (including phenoxy) is 1. The quantitative estimate of drug-likeness (QED) is 0.756. The minimum absolute atomic E-state index is 0.789. The second kappa shape index (κ2) is 10.1. The Bertz CT molecular complexity index is 474. The van der Waals surface area contributed by atoms with Gasteiger partial charge < -0.3 is 9.64 Å². The first kappa shape index (κ1) is 18.7. The van der Waals surface area contributed by atoms with Crippen molar-refractivity contribution in [3.63, 3.8) is 0 Å². The van der Waals surface area contributed by atoms with Crippen LogP contribution in [0, 0.1) is 0 Å². The van der Waals surface area contributed by atoms with E-state index in [0.29, 0.717) is 0 Å². The first-order chi connectivity index (χ1) is 12.3. The second-order valence-corrected chi connectivity index (χ2v) is 7.46. The third kappa shape index (κ3) is 6.28. The number of benzene rings is 1. The highest BCUT2D eigenvalue weighted by molar-refractivity contribution is 5.27. The SMILES string of the molecule is CCN1CCN(CCOc2ccc(CN3CCCCCC3)cc2)CC1. The van der Waals surface area contributed by atoms with Gasteiger partial charge in [-0.25, -0.2) is 0 Å². The minimum Gasteiger partial charge on any atom is -0.492 e. The molecule has 0 N–H and O–H groups in total. The van der Waals surface area contributed by atoms with Crippen molar-refractivity contribution in [1.82, 2.24) is 14.7 Å². The summed E-state index contributed by atoms with van der Waals surface area (Å²) in [6.45, 7) is 13.6. The van der Waals surface area contributed by atoms with Crippen LogP contribution in [0.4, 0.5) is 0 Å². The molecule has 2 fully saturated rings. The number of piperazine rings is 1. The Morgan fingerprint density at radius 1 is 0.760 bits per heavy atom. The molecule has 2 saturated heterocycles. The smallest absolute Gasteiger partial charge is 0.119 e. The Kier molecular flexibility index (Phi) is 7.58. The fraction of sp³-hybridized carbons (Fsp3) is 0.714. The van der Waals surface area contributed by atoms with Gasteiger partial charge in [0.2, 0.25) is 0 Å². The Morgan fingerprint density at radius 2 is 1.40 bits per heavy atom. The molecule has 2 aliphatic heterocycles. The van der Waals surface area contributed by atoms with Crippen LogP contribution < -0.4 is 4.74 Å². The lowest BCUT2D eigenvalue weighted by molar-refractivity contribution is 0.121. The number of hydrogen-bond donors (Lipinski definition) is 0. The van der Waals surface area contributed by atoms with E-state index in [9.17, 15) is 0 Å². The van der Waals surface area contributed by atoms with Crippen molar-refractivity contribution in [1.29, 1.82) is 0 Å². The summed E-state index contributed by atoms with van der Waals surface area (Å²) in [5, 5.41) is 0.